The Hall–Kier alpha value is -3.02. The van der Waals surface area contributed by atoms with Crippen molar-refractivity contribution in [1.29, 1.82) is 0 Å². The number of anilines is 1. The molecule has 0 bridgehead atoms. The van der Waals surface area contributed by atoms with Crippen molar-refractivity contribution in [2.75, 3.05) is 18.9 Å². The van der Waals surface area contributed by atoms with Gasteiger partial charge in [-0.15, -0.1) is 6.58 Å². The van der Waals surface area contributed by atoms with Gasteiger partial charge in [0, 0.05) is 25.8 Å². The quantitative estimate of drug-likeness (QED) is 0.435. The summed E-state index contributed by atoms with van der Waals surface area (Å²) in [5.41, 5.74) is 1.73. The van der Waals surface area contributed by atoms with Crippen LogP contribution in [0.3, 0.4) is 0 Å². The molecule has 0 aliphatic carbocycles. The van der Waals surface area contributed by atoms with Crippen molar-refractivity contribution in [2.24, 2.45) is 4.99 Å². The van der Waals surface area contributed by atoms with Crippen molar-refractivity contribution in [2.45, 2.75) is 6.54 Å². The normalized spacial score (nSPS) is 10.9. The van der Waals surface area contributed by atoms with Crippen LogP contribution in [-0.2, 0) is 6.54 Å². The number of rotatable bonds is 6. The SMILES string of the molecule is C=CCNC(=NC)NCc1cccc(NC(=O)c2ccco2)c1. The molecule has 0 atom stereocenters. The Labute approximate surface area is 135 Å². The third kappa shape index (κ3) is 5.03. The topological polar surface area (TPSA) is 78.7 Å². The highest BCUT2D eigenvalue weighted by Gasteiger charge is 2.08. The third-order valence-electron chi connectivity index (χ3n) is 3.03. The van der Waals surface area contributed by atoms with Crippen LogP contribution in [-0.4, -0.2) is 25.5 Å². The minimum atomic E-state index is -0.274. The summed E-state index contributed by atoms with van der Waals surface area (Å²) in [5.74, 6) is 0.695. The number of hydrogen-bond acceptors (Lipinski definition) is 3. The van der Waals surface area contributed by atoms with Crippen molar-refractivity contribution in [3.05, 3.63) is 66.6 Å². The van der Waals surface area contributed by atoms with Crippen molar-refractivity contribution >= 4 is 17.6 Å². The standard InChI is InChI=1S/C17H20N4O2/c1-3-9-19-17(18-2)20-12-13-6-4-7-14(11-13)21-16(22)15-8-5-10-23-15/h3-8,10-11H,1,9,12H2,2H3,(H,21,22)(H2,18,19,20). The second-order valence-corrected chi connectivity index (χ2v) is 4.73. The van der Waals surface area contributed by atoms with Crippen molar-refractivity contribution in [3.63, 3.8) is 0 Å². The van der Waals surface area contributed by atoms with Gasteiger partial charge in [0.1, 0.15) is 0 Å². The number of benzene rings is 1. The van der Waals surface area contributed by atoms with Crippen molar-refractivity contribution < 1.29 is 9.21 Å². The maximum Gasteiger partial charge on any atom is 0.291 e. The zero-order chi connectivity index (χ0) is 16.5. The summed E-state index contributed by atoms with van der Waals surface area (Å²) in [4.78, 5) is 16.1. The van der Waals surface area contributed by atoms with Crippen LogP contribution in [0.4, 0.5) is 5.69 Å². The van der Waals surface area contributed by atoms with E-state index in [1.54, 1.807) is 25.3 Å². The van der Waals surface area contributed by atoms with Gasteiger partial charge in [0.15, 0.2) is 11.7 Å². The van der Waals surface area contributed by atoms with Gasteiger partial charge in [-0.3, -0.25) is 9.79 Å². The second-order valence-electron chi connectivity index (χ2n) is 4.73. The minimum absolute atomic E-state index is 0.274. The van der Waals surface area contributed by atoms with Crippen molar-refractivity contribution in [3.8, 4) is 0 Å². The predicted molar refractivity (Wildman–Crippen MR) is 91.5 cm³/mol. The molecule has 1 aromatic heterocycles. The summed E-state index contributed by atoms with van der Waals surface area (Å²) in [6, 6.07) is 10.9. The average Bonchev–Trinajstić information content (AvgIpc) is 3.10. The molecule has 23 heavy (non-hydrogen) atoms. The number of carbonyl (C=O) groups excluding carboxylic acids is 1. The molecule has 3 N–H and O–H groups in total. The number of guanidine groups is 1. The number of furan rings is 1. The lowest BCUT2D eigenvalue weighted by atomic mass is 10.2. The number of amides is 1. The molecule has 2 rings (SSSR count). The summed E-state index contributed by atoms with van der Waals surface area (Å²) in [6.07, 6.45) is 3.23. The Bertz CT molecular complexity index is 678. The molecular formula is C17H20N4O2. The molecule has 1 amide bonds. The molecule has 1 heterocycles. The van der Waals surface area contributed by atoms with E-state index in [1.165, 1.54) is 6.26 Å². The lowest BCUT2D eigenvalue weighted by Gasteiger charge is -2.11. The molecule has 120 valence electrons. The van der Waals surface area contributed by atoms with Crippen LogP contribution in [0.15, 0.2) is 64.7 Å². The Morgan fingerprint density at radius 2 is 2.17 bits per heavy atom. The number of nitrogens with zero attached hydrogens (tertiary/aromatic N) is 1. The highest BCUT2D eigenvalue weighted by Crippen LogP contribution is 2.12. The monoisotopic (exact) mass is 312 g/mol. The lowest BCUT2D eigenvalue weighted by Crippen LogP contribution is -2.36. The third-order valence-corrected chi connectivity index (χ3v) is 3.03. The van der Waals surface area contributed by atoms with Crippen LogP contribution in [0, 0.1) is 0 Å². The molecule has 0 saturated heterocycles. The second kappa shape index (κ2) is 8.43. The van der Waals surface area contributed by atoms with Crippen LogP contribution in [0.2, 0.25) is 0 Å². The molecule has 0 aliphatic rings. The van der Waals surface area contributed by atoms with Gasteiger partial charge in [0.05, 0.1) is 6.26 Å². The van der Waals surface area contributed by atoms with E-state index in [9.17, 15) is 4.79 Å². The maximum atomic E-state index is 12.0. The molecule has 6 heteroatoms. The van der Waals surface area contributed by atoms with E-state index in [4.69, 9.17) is 4.42 Å². The maximum absolute atomic E-state index is 12.0. The highest BCUT2D eigenvalue weighted by molar-refractivity contribution is 6.02. The zero-order valence-corrected chi connectivity index (χ0v) is 13.0. The first-order valence-electron chi connectivity index (χ1n) is 7.22. The Balaban J connectivity index is 1.94. The van der Waals surface area contributed by atoms with Gasteiger partial charge in [0.2, 0.25) is 0 Å². The van der Waals surface area contributed by atoms with Crippen LogP contribution < -0.4 is 16.0 Å². The number of nitrogens with one attached hydrogen (secondary N) is 3. The average molecular weight is 312 g/mol. The lowest BCUT2D eigenvalue weighted by molar-refractivity contribution is 0.0996. The molecule has 0 fully saturated rings. The van der Waals surface area contributed by atoms with Crippen LogP contribution >= 0.6 is 0 Å². The summed E-state index contributed by atoms with van der Waals surface area (Å²) in [7, 11) is 1.71. The van der Waals surface area contributed by atoms with E-state index in [-0.39, 0.29) is 11.7 Å². The van der Waals surface area contributed by atoms with Gasteiger partial charge >= 0.3 is 0 Å². The summed E-state index contributed by atoms with van der Waals surface area (Å²) >= 11 is 0. The van der Waals surface area contributed by atoms with Gasteiger partial charge in [-0.25, -0.2) is 0 Å². The summed E-state index contributed by atoms with van der Waals surface area (Å²) in [6.45, 7) is 4.87. The van der Waals surface area contributed by atoms with Crippen molar-refractivity contribution in [1.82, 2.24) is 10.6 Å². The van der Waals surface area contributed by atoms with E-state index in [2.05, 4.69) is 27.5 Å². The van der Waals surface area contributed by atoms with Gasteiger partial charge in [-0.2, -0.15) is 0 Å². The molecule has 0 unspecified atom stereocenters. The molecule has 1 aromatic carbocycles. The fraction of sp³-hybridized carbons (Fsp3) is 0.176. The predicted octanol–water partition coefficient (Wildman–Crippen LogP) is 2.38. The first-order chi connectivity index (χ1) is 11.2. The fourth-order valence-electron chi connectivity index (χ4n) is 1.93. The Kier molecular flexibility index (Phi) is 5.99. The van der Waals surface area contributed by atoms with Crippen LogP contribution in [0.25, 0.3) is 0 Å². The van der Waals surface area contributed by atoms with Crippen LogP contribution in [0.5, 0.6) is 0 Å². The molecule has 0 radical (unpaired) electrons. The first-order valence-corrected chi connectivity index (χ1v) is 7.22. The van der Waals surface area contributed by atoms with E-state index in [0.717, 1.165) is 5.56 Å². The fourth-order valence-corrected chi connectivity index (χ4v) is 1.93. The van der Waals surface area contributed by atoms with E-state index in [0.29, 0.717) is 24.7 Å². The molecule has 2 aromatic rings. The smallest absolute Gasteiger partial charge is 0.291 e. The number of aliphatic imine (C=N–C) groups is 1. The number of hydrogen-bond donors (Lipinski definition) is 3. The Morgan fingerprint density at radius 1 is 1.30 bits per heavy atom. The van der Waals surface area contributed by atoms with Gasteiger partial charge in [0.25, 0.3) is 5.91 Å². The van der Waals surface area contributed by atoms with E-state index >= 15 is 0 Å². The van der Waals surface area contributed by atoms with Gasteiger partial charge in [-0.1, -0.05) is 18.2 Å². The van der Waals surface area contributed by atoms with E-state index in [1.807, 2.05) is 24.3 Å². The van der Waals surface area contributed by atoms with E-state index < -0.39 is 0 Å². The summed E-state index contributed by atoms with van der Waals surface area (Å²) < 4.78 is 5.07. The highest BCUT2D eigenvalue weighted by atomic mass is 16.3. The minimum Gasteiger partial charge on any atom is -0.459 e. The van der Waals surface area contributed by atoms with Crippen LogP contribution in [0.1, 0.15) is 16.1 Å². The largest absolute Gasteiger partial charge is 0.459 e. The Morgan fingerprint density at radius 3 is 2.87 bits per heavy atom. The zero-order valence-electron chi connectivity index (χ0n) is 13.0. The molecule has 0 aliphatic heterocycles. The molecule has 0 spiro atoms. The molecule has 6 nitrogen and oxygen atoms in total. The number of carbonyl (C=O) groups is 1. The summed E-state index contributed by atoms with van der Waals surface area (Å²) in [5, 5.41) is 9.08. The van der Waals surface area contributed by atoms with Gasteiger partial charge in [-0.05, 0) is 29.8 Å². The molecular weight excluding hydrogens is 292 g/mol. The first kappa shape index (κ1) is 16.4. The molecule has 0 saturated carbocycles. The van der Waals surface area contributed by atoms with Gasteiger partial charge < -0.3 is 20.4 Å².